The van der Waals surface area contributed by atoms with Gasteiger partial charge in [0.1, 0.15) is 29.5 Å². The number of nitrogens with one attached hydrogen (secondary N) is 1. The average Bonchev–Trinajstić information content (AvgIpc) is 3.34. The fraction of sp³-hybridized carbons (Fsp3) is 0.250. The van der Waals surface area contributed by atoms with E-state index in [1.54, 1.807) is 7.11 Å². The molecule has 0 saturated carbocycles. The summed E-state index contributed by atoms with van der Waals surface area (Å²) in [5.41, 5.74) is 6.48. The number of carbonyl (C=O) groups excluding carboxylic acids is 2. The van der Waals surface area contributed by atoms with E-state index in [0.717, 1.165) is 33.4 Å². The normalized spacial score (nSPS) is 16.2. The number of hydrogen-bond acceptors (Lipinski definition) is 7. The predicted molar refractivity (Wildman–Crippen MR) is 156 cm³/mol. The van der Waals surface area contributed by atoms with Crippen molar-refractivity contribution in [2.24, 2.45) is 0 Å². The van der Waals surface area contributed by atoms with E-state index < -0.39 is 24.1 Å². The van der Waals surface area contributed by atoms with Gasteiger partial charge in [-0.05, 0) is 51.9 Å². The molecule has 10 heteroatoms. The highest BCUT2D eigenvalue weighted by molar-refractivity contribution is 6.29. The molecular formula is C32H29ClN4O5. The van der Waals surface area contributed by atoms with Gasteiger partial charge in [-0.25, -0.2) is 14.8 Å². The van der Waals surface area contributed by atoms with Crippen LogP contribution < -0.4 is 10.1 Å². The smallest absolute Gasteiger partial charge is 0.410 e. The van der Waals surface area contributed by atoms with Crippen molar-refractivity contribution < 1.29 is 24.2 Å². The molecule has 42 heavy (non-hydrogen) atoms. The van der Waals surface area contributed by atoms with Crippen LogP contribution in [0, 0.1) is 0 Å². The van der Waals surface area contributed by atoms with Crippen LogP contribution in [0.1, 0.15) is 38.7 Å². The lowest BCUT2D eigenvalue weighted by Crippen LogP contribution is -2.53. The molecule has 0 fully saturated rings. The van der Waals surface area contributed by atoms with Crippen molar-refractivity contribution in [3.05, 3.63) is 112 Å². The molecule has 1 aliphatic carbocycles. The lowest BCUT2D eigenvalue weighted by atomic mass is 9.91. The zero-order chi connectivity index (χ0) is 29.2. The molecule has 0 radical (unpaired) electrons. The summed E-state index contributed by atoms with van der Waals surface area (Å²) in [6, 6.07) is 22.7. The Hall–Kier alpha value is -4.47. The van der Waals surface area contributed by atoms with Gasteiger partial charge in [-0.2, -0.15) is 0 Å². The maximum atomic E-state index is 13.7. The van der Waals surface area contributed by atoms with E-state index in [-0.39, 0.29) is 36.5 Å². The van der Waals surface area contributed by atoms with Gasteiger partial charge in [-0.15, -0.1) is 0 Å². The Kier molecular flexibility index (Phi) is 7.78. The van der Waals surface area contributed by atoms with E-state index in [1.807, 2.05) is 42.5 Å². The topological polar surface area (TPSA) is 114 Å². The first-order valence-corrected chi connectivity index (χ1v) is 14.0. The number of nitrogens with zero attached hydrogens (tertiary/aromatic N) is 3. The van der Waals surface area contributed by atoms with E-state index in [1.165, 1.54) is 17.3 Å². The van der Waals surface area contributed by atoms with Crippen LogP contribution in [0.2, 0.25) is 5.15 Å². The first-order valence-electron chi connectivity index (χ1n) is 13.6. The standard InChI is InChI=1S/C32H29ClN4O5/c1-41-21-11-10-19-13-28(29(38)15-34-31(39)27-14-30(33)36-18-35-27)37(16-20(19)12-21)32(40)42-17-26-24-8-4-2-6-22(24)23-7-3-5-9-25(23)26/h2-12,14,18,26,28-29,38H,13,15-17H2,1H3,(H,34,39)/t28?,29-/m1/s1. The molecule has 0 spiro atoms. The second-order valence-corrected chi connectivity index (χ2v) is 10.7. The van der Waals surface area contributed by atoms with E-state index >= 15 is 0 Å². The first-order chi connectivity index (χ1) is 20.4. The van der Waals surface area contributed by atoms with Crippen LogP contribution in [-0.2, 0) is 17.7 Å². The predicted octanol–water partition coefficient (Wildman–Crippen LogP) is 4.61. The summed E-state index contributed by atoms with van der Waals surface area (Å²) in [5.74, 6) is 0.0730. The molecule has 1 aliphatic heterocycles. The molecule has 2 atom stereocenters. The average molecular weight is 585 g/mol. The van der Waals surface area contributed by atoms with Crippen LogP contribution in [0.25, 0.3) is 11.1 Å². The molecule has 2 aliphatic rings. The minimum Gasteiger partial charge on any atom is -0.497 e. The summed E-state index contributed by atoms with van der Waals surface area (Å²) in [6.07, 6.45) is -0.0519. The number of rotatable bonds is 7. The maximum Gasteiger partial charge on any atom is 0.410 e. The number of aromatic nitrogens is 2. The van der Waals surface area contributed by atoms with Crippen molar-refractivity contribution in [1.82, 2.24) is 20.2 Å². The number of aliphatic hydroxyl groups is 1. The minimum absolute atomic E-state index is 0.0803. The van der Waals surface area contributed by atoms with Gasteiger partial charge in [-0.3, -0.25) is 9.69 Å². The molecule has 1 aromatic heterocycles. The number of aliphatic hydroxyl groups excluding tert-OH is 1. The molecule has 3 aromatic carbocycles. The number of benzene rings is 3. The fourth-order valence-corrected chi connectivity index (χ4v) is 5.96. The highest BCUT2D eigenvalue weighted by Gasteiger charge is 2.37. The largest absolute Gasteiger partial charge is 0.497 e. The molecule has 2 amide bonds. The third-order valence-corrected chi connectivity index (χ3v) is 8.14. The number of ether oxygens (including phenoxy) is 2. The Bertz CT molecular complexity index is 1600. The molecule has 1 unspecified atom stereocenters. The molecule has 9 nitrogen and oxygen atoms in total. The lowest BCUT2D eigenvalue weighted by molar-refractivity contribution is 0.0239. The Morgan fingerprint density at radius 2 is 1.74 bits per heavy atom. The van der Waals surface area contributed by atoms with Crippen LogP contribution >= 0.6 is 11.6 Å². The molecule has 2 heterocycles. The van der Waals surface area contributed by atoms with Crippen LogP contribution in [0.3, 0.4) is 0 Å². The van der Waals surface area contributed by atoms with E-state index in [0.29, 0.717) is 12.2 Å². The number of fused-ring (bicyclic) bond motifs is 4. The number of amides is 2. The van der Waals surface area contributed by atoms with E-state index in [4.69, 9.17) is 21.1 Å². The van der Waals surface area contributed by atoms with Crippen molar-refractivity contribution in [3.63, 3.8) is 0 Å². The van der Waals surface area contributed by atoms with Gasteiger partial charge in [0.05, 0.1) is 19.3 Å². The lowest BCUT2D eigenvalue weighted by Gasteiger charge is -2.39. The van der Waals surface area contributed by atoms with Crippen molar-refractivity contribution >= 4 is 23.6 Å². The van der Waals surface area contributed by atoms with Crippen molar-refractivity contribution in [3.8, 4) is 16.9 Å². The Labute approximate surface area is 248 Å². The number of methoxy groups -OCH3 is 1. The van der Waals surface area contributed by atoms with Crippen LogP contribution in [-0.4, -0.2) is 64.4 Å². The summed E-state index contributed by atoms with van der Waals surface area (Å²) in [5, 5.41) is 14.1. The SMILES string of the molecule is COc1ccc2c(c1)CN(C(=O)OCC1c3ccccc3-c3ccccc31)C([C@H](O)CNC(=O)c1cc(Cl)ncn1)C2. The third-order valence-electron chi connectivity index (χ3n) is 7.94. The zero-order valence-electron chi connectivity index (χ0n) is 22.9. The van der Waals surface area contributed by atoms with Gasteiger partial charge in [0.25, 0.3) is 5.91 Å². The Morgan fingerprint density at radius 3 is 2.43 bits per heavy atom. The van der Waals surface area contributed by atoms with Crippen molar-refractivity contribution in [1.29, 1.82) is 0 Å². The number of halogens is 1. The van der Waals surface area contributed by atoms with E-state index in [9.17, 15) is 14.7 Å². The van der Waals surface area contributed by atoms with Crippen molar-refractivity contribution in [2.75, 3.05) is 20.3 Å². The summed E-state index contributed by atoms with van der Waals surface area (Å²) >= 11 is 5.88. The van der Waals surface area contributed by atoms with Crippen molar-refractivity contribution in [2.45, 2.75) is 31.0 Å². The molecule has 2 N–H and O–H groups in total. The molecule has 4 aromatic rings. The second-order valence-electron chi connectivity index (χ2n) is 10.3. The molecule has 0 bridgehead atoms. The molecule has 0 saturated heterocycles. The van der Waals surface area contributed by atoms with Gasteiger partial charge < -0.3 is 19.9 Å². The molecule has 6 rings (SSSR count). The van der Waals surface area contributed by atoms with Gasteiger partial charge in [0, 0.05) is 25.1 Å². The van der Waals surface area contributed by atoms with Gasteiger partial charge in [0.2, 0.25) is 0 Å². The minimum atomic E-state index is -1.08. The third kappa shape index (κ3) is 5.41. The van der Waals surface area contributed by atoms with Gasteiger partial charge in [0.15, 0.2) is 0 Å². The second kappa shape index (κ2) is 11.8. The first kappa shape index (κ1) is 27.7. The number of carbonyl (C=O) groups is 2. The van der Waals surface area contributed by atoms with Crippen LogP contribution in [0.4, 0.5) is 4.79 Å². The monoisotopic (exact) mass is 584 g/mol. The molecule has 214 valence electrons. The summed E-state index contributed by atoms with van der Waals surface area (Å²) in [4.78, 5) is 35.6. The molecular weight excluding hydrogens is 556 g/mol. The van der Waals surface area contributed by atoms with Gasteiger partial charge in [-0.1, -0.05) is 66.2 Å². The Balaban J connectivity index is 1.21. The Morgan fingerprint density at radius 1 is 1.02 bits per heavy atom. The highest BCUT2D eigenvalue weighted by Crippen LogP contribution is 2.44. The van der Waals surface area contributed by atoms with Crippen LogP contribution in [0.15, 0.2) is 79.1 Å². The summed E-state index contributed by atoms with van der Waals surface area (Å²) < 4.78 is 11.4. The maximum absolute atomic E-state index is 13.7. The van der Waals surface area contributed by atoms with Crippen LogP contribution in [0.5, 0.6) is 5.75 Å². The van der Waals surface area contributed by atoms with E-state index in [2.05, 4.69) is 39.6 Å². The van der Waals surface area contributed by atoms with Gasteiger partial charge >= 0.3 is 6.09 Å². The zero-order valence-corrected chi connectivity index (χ0v) is 23.6. The number of hydrogen-bond donors (Lipinski definition) is 2. The summed E-state index contributed by atoms with van der Waals surface area (Å²) in [6.45, 7) is 0.270. The fourth-order valence-electron chi connectivity index (χ4n) is 5.81. The highest BCUT2D eigenvalue weighted by atomic mass is 35.5. The summed E-state index contributed by atoms with van der Waals surface area (Å²) in [7, 11) is 1.59. The quantitative estimate of drug-likeness (QED) is 0.305.